The molecule has 0 aliphatic heterocycles. The van der Waals surface area contributed by atoms with E-state index in [4.69, 9.17) is 12.2 Å². The van der Waals surface area contributed by atoms with Crippen molar-refractivity contribution in [3.8, 4) is 0 Å². The topological polar surface area (TPSA) is 36.9 Å². The number of hydrogen-bond donors (Lipinski definition) is 1. The van der Waals surface area contributed by atoms with E-state index in [2.05, 4.69) is 46.4 Å². The number of nitrogens with zero attached hydrogens (tertiary/aromatic N) is 3. The molecule has 0 amide bonds. The first-order chi connectivity index (χ1) is 8.49. The fraction of sp³-hybridized carbons (Fsp3) is 0.538. The second-order valence-corrected chi connectivity index (χ2v) is 5.43. The Morgan fingerprint density at radius 2 is 2.22 bits per heavy atom. The van der Waals surface area contributed by atoms with Gasteiger partial charge in [0.25, 0.3) is 0 Å². The van der Waals surface area contributed by atoms with Crippen LogP contribution in [0.2, 0.25) is 0 Å². The number of H-pyrrole nitrogens is 1. The largest absolute Gasteiger partial charge is 0.329 e. The summed E-state index contributed by atoms with van der Waals surface area (Å²) >= 11 is 5.36. The van der Waals surface area contributed by atoms with Crippen LogP contribution in [0.4, 0.5) is 0 Å². The summed E-state index contributed by atoms with van der Waals surface area (Å²) < 4.78 is 2.82. The summed E-state index contributed by atoms with van der Waals surface area (Å²) in [4.78, 5) is 9.99. The van der Waals surface area contributed by atoms with Crippen molar-refractivity contribution < 1.29 is 0 Å². The summed E-state index contributed by atoms with van der Waals surface area (Å²) in [7, 11) is 2.13. The molecule has 0 spiro atoms. The number of pyridine rings is 1. The van der Waals surface area contributed by atoms with Gasteiger partial charge in [-0.25, -0.2) is 4.98 Å². The van der Waals surface area contributed by atoms with Gasteiger partial charge in [0.2, 0.25) is 0 Å². The normalized spacial score (nSPS) is 11.9. The average Bonchev–Trinajstić information content (AvgIpc) is 2.60. The number of aryl methyl sites for hydroxylation is 1. The highest BCUT2D eigenvalue weighted by Crippen LogP contribution is 2.13. The summed E-state index contributed by atoms with van der Waals surface area (Å²) in [5, 5.41) is 0. The summed E-state index contributed by atoms with van der Waals surface area (Å²) in [5.74, 6) is 0. The van der Waals surface area contributed by atoms with Crippen molar-refractivity contribution in [2.45, 2.75) is 33.4 Å². The lowest BCUT2D eigenvalue weighted by Gasteiger charge is -2.20. The third-order valence-electron chi connectivity index (χ3n) is 3.30. The van der Waals surface area contributed by atoms with Gasteiger partial charge in [-0.05, 0) is 51.7 Å². The maximum atomic E-state index is 5.36. The second-order valence-electron chi connectivity index (χ2n) is 5.04. The van der Waals surface area contributed by atoms with Gasteiger partial charge in [-0.15, -0.1) is 0 Å². The second kappa shape index (κ2) is 5.20. The summed E-state index contributed by atoms with van der Waals surface area (Å²) in [5.41, 5.74) is 3.11. The number of hydrogen-bond acceptors (Lipinski definition) is 3. The Kier molecular flexibility index (Phi) is 3.82. The van der Waals surface area contributed by atoms with Crippen molar-refractivity contribution in [1.29, 1.82) is 0 Å². The maximum absolute atomic E-state index is 5.36. The number of imidazole rings is 1. The molecule has 5 heteroatoms. The first kappa shape index (κ1) is 13.2. The van der Waals surface area contributed by atoms with Crippen LogP contribution in [0, 0.1) is 11.7 Å². The Bertz CT molecular complexity index is 597. The van der Waals surface area contributed by atoms with Crippen molar-refractivity contribution >= 4 is 23.4 Å². The van der Waals surface area contributed by atoms with Gasteiger partial charge in [0.15, 0.2) is 10.4 Å². The van der Waals surface area contributed by atoms with Gasteiger partial charge in [-0.2, -0.15) is 0 Å². The standard InChI is InChI=1S/C13H20N4S/c1-9(2)16(4)5-6-17-12-11(15-13(17)18)7-10(3)8-14-12/h7-9H,5-6H2,1-4H3,(H,15,18). The van der Waals surface area contributed by atoms with Gasteiger partial charge in [0.05, 0.1) is 5.52 Å². The van der Waals surface area contributed by atoms with Gasteiger partial charge in [0.1, 0.15) is 0 Å². The Balaban J connectivity index is 2.28. The molecule has 2 aromatic heterocycles. The van der Waals surface area contributed by atoms with E-state index in [-0.39, 0.29) is 0 Å². The lowest BCUT2D eigenvalue weighted by Crippen LogP contribution is -2.29. The molecule has 2 aromatic rings. The molecular weight excluding hydrogens is 244 g/mol. The monoisotopic (exact) mass is 264 g/mol. The number of aromatic nitrogens is 3. The van der Waals surface area contributed by atoms with Gasteiger partial charge in [0, 0.05) is 25.3 Å². The molecule has 0 saturated carbocycles. The number of rotatable bonds is 4. The van der Waals surface area contributed by atoms with Crippen molar-refractivity contribution in [2.75, 3.05) is 13.6 Å². The third-order valence-corrected chi connectivity index (χ3v) is 3.63. The smallest absolute Gasteiger partial charge is 0.179 e. The van der Waals surface area contributed by atoms with Crippen LogP contribution in [0.3, 0.4) is 0 Å². The van der Waals surface area contributed by atoms with Crippen LogP contribution in [0.5, 0.6) is 0 Å². The quantitative estimate of drug-likeness (QED) is 0.863. The molecule has 4 nitrogen and oxygen atoms in total. The van der Waals surface area contributed by atoms with Crippen LogP contribution in [-0.4, -0.2) is 39.1 Å². The molecule has 0 saturated heterocycles. The summed E-state index contributed by atoms with van der Waals surface area (Å²) in [6, 6.07) is 2.63. The van der Waals surface area contributed by atoms with Gasteiger partial charge < -0.3 is 14.5 Å². The Hall–Kier alpha value is -1.20. The van der Waals surface area contributed by atoms with Crippen LogP contribution < -0.4 is 0 Å². The van der Waals surface area contributed by atoms with E-state index in [0.717, 1.165) is 34.6 Å². The fourth-order valence-corrected chi connectivity index (χ4v) is 2.16. The van der Waals surface area contributed by atoms with Crippen LogP contribution >= 0.6 is 12.2 Å². The molecule has 0 aliphatic rings. The lowest BCUT2D eigenvalue weighted by atomic mass is 10.3. The van der Waals surface area contributed by atoms with Gasteiger partial charge in [-0.3, -0.25) is 0 Å². The molecule has 2 rings (SSSR count). The lowest BCUT2D eigenvalue weighted by molar-refractivity contribution is 0.263. The Labute approximate surface area is 113 Å². The summed E-state index contributed by atoms with van der Waals surface area (Å²) in [6.07, 6.45) is 1.88. The highest BCUT2D eigenvalue weighted by Gasteiger charge is 2.08. The van der Waals surface area contributed by atoms with E-state index < -0.39 is 0 Å². The zero-order valence-corrected chi connectivity index (χ0v) is 12.2. The van der Waals surface area contributed by atoms with Crippen molar-refractivity contribution in [2.24, 2.45) is 0 Å². The Morgan fingerprint density at radius 1 is 1.50 bits per heavy atom. The molecular formula is C13H20N4S. The average molecular weight is 264 g/mol. The molecule has 18 heavy (non-hydrogen) atoms. The van der Waals surface area contributed by atoms with Crippen LogP contribution in [-0.2, 0) is 6.54 Å². The van der Waals surface area contributed by atoms with E-state index in [9.17, 15) is 0 Å². The fourth-order valence-electron chi connectivity index (χ4n) is 1.87. The first-order valence-corrected chi connectivity index (χ1v) is 6.65. The van der Waals surface area contributed by atoms with Crippen molar-refractivity contribution in [3.63, 3.8) is 0 Å². The predicted octanol–water partition coefficient (Wildman–Crippen LogP) is 2.74. The number of nitrogens with one attached hydrogen (secondary N) is 1. The van der Waals surface area contributed by atoms with E-state index in [0.29, 0.717) is 6.04 Å². The number of fused-ring (bicyclic) bond motifs is 1. The first-order valence-electron chi connectivity index (χ1n) is 6.24. The molecule has 2 heterocycles. The van der Waals surface area contributed by atoms with Crippen LogP contribution in [0.15, 0.2) is 12.3 Å². The molecule has 0 unspecified atom stereocenters. The molecule has 98 valence electrons. The van der Waals surface area contributed by atoms with E-state index in [1.165, 1.54) is 0 Å². The van der Waals surface area contributed by atoms with E-state index in [1.54, 1.807) is 0 Å². The van der Waals surface area contributed by atoms with Crippen molar-refractivity contribution in [3.05, 3.63) is 22.6 Å². The zero-order valence-electron chi connectivity index (χ0n) is 11.4. The molecule has 0 radical (unpaired) electrons. The third kappa shape index (κ3) is 2.62. The zero-order chi connectivity index (χ0) is 13.3. The van der Waals surface area contributed by atoms with E-state index >= 15 is 0 Å². The number of aromatic amines is 1. The van der Waals surface area contributed by atoms with Crippen LogP contribution in [0.25, 0.3) is 11.2 Å². The SMILES string of the molecule is Cc1cnc2c(c1)[nH]c(=S)n2CCN(C)C(C)C. The summed E-state index contributed by atoms with van der Waals surface area (Å²) in [6.45, 7) is 8.25. The minimum Gasteiger partial charge on any atom is -0.329 e. The molecule has 0 aromatic carbocycles. The van der Waals surface area contributed by atoms with Gasteiger partial charge in [-0.1, -0.05) is 0 Å². The van der Waals surface area contributed by atoms with Crippen molar-refractivity contribution in [1.82, 2.24) is 19.4 Å². The maximum Gasteiger partial charge on any atom is 0.179 e. The Morgan fingerprint density at radius 3 is 2.89 bits per heavy atom. The predicted molar refractivity (Wildman–Crippen MR) is 77.4 cm³/mol. The molecule has 1 N–H and O–H groups in total. The molecule has 0 bridgehead atoms. The minimum absolute atomic E-state index is 0.541. The van der Waals surface area contributed by atoms with Gasteiger partial charge >= 0.3 is 0 Å². The number of likely N-dealkylation sites (N-methyl/N-ethyl adjacent to an activating group) is 1. The molecule has 0 fully saturated rings. The molecule has 0 atom stereocenters. The highest BCUT2D eigenvalue weighted by molar-refractivity contribution is 7.71. The van der Waals surface area contributed by atoms with Crippen LogP contribution in [0.1, 0.15) is 19.4 Å². The molecule has 0 aliphatic carbocycles. The van der Waals surface area contributed by atoms with E-state index in [1.807, 2.05) is 13.1 Å². The minimum atomic E-state index is 0.541. The highest BCUT2D eigenvalue weighted by atomic mass is 32.1.